The van der Waals surface area contributed by atoms with E-state index in [1.807, 2.05) is 13.8 Å². The molecule has 0 saturated carbocycles. The van der Waals surface area contributed by atoms with E-state index in [-0.39, 0.29) is 11.7 Å². The van der Waals surface area contributed by atoms with Crippen LogP contribution in [-0.4, -0.2) is 32.3 Å². The van der Waals surface area contributed by atoms with Crippen LogP contribution in [-0.2, 0) is 0 Å². The van der Waals surface area contributed by atoms with E-state index in [2.05, 4.69) is 6.92 Å². The van der Waals surface area contributed by atoms with Gasteiger partial charge >= 0.3 is 17.5 Å². The number of halogens is 2. The zero-order chi connectivity index (χ0) is 26.0. The third-order valence-corrected chi connectivity index (χ3v) is 7.08. The monoisotopic (exact) mass is 532 g/mol. The molecular weight excluding hydrogens is 503 g/mol. The molecule has 36 heavy (non-hydrogen) atoms. The lowest BCUT2D eigenvalue weighted by Crippen LogP contribution is -2.47. The number of nitrogens with zero attached hydrogens (tertiary/aromatic N) is 4. The molecule has 0 spiro atoms. The highest BCUT2D eigenvalue weighted by Gasteiger charge is 2.55. The lowest BCUT2D eigenvalue weighted by molar-refractivity contribution is 0.0958. The molecule has 0 radical (unpaired) electrons. The van der Waals surface area contributed by atoms with Gasteiger partial charge in [0.2, 0.25) is 0 Å². The third-order valence-electron chi connectivity index (χ3n) is 6.61. The van der Waals surface area contributed by atoms with Crippen LogP contribution >= 0.6 is 23.2 Å². The molecule has 2 aromatic carbocycles. The second-order valence-corrected chi connectivity index (χ2v) is 10.4. The Kier molecular flexibility index (Phi) is 7.66. The summed E-state index contributed by atoms with van der Waals surface area (Å²) in [7, 11) is 0. The van der Waals surface area contributed by atoms with Crippen molar-refractivity contribution < 1.29 is 9.32 Å². The molecule has 2 heterocycles. The van der Waals surface area contributed by atoms with E-state index < -0.39 is 23.2 Å². The van der Waals surface area contributed by atoms with E-state index in [0.717, 1.165) is 41.4 Å². The average Bonchev–Trinajstić information content (AvgIpc) is 3.22. The summed E-state index contributed by atoms with van der Waals surface area (Å²) >= 11 is 12.3. The molecule has 192 valence electrons. The standard InChI is InChI=1S/C26H30Cl2N4O4/c1-4-5-6-7-8-15-29-23(33)30(20-13-9-11-18(27)16-20)22(26(29,2)3)32-24(34)31(25(35)36-32)21-14-10-12-19(28)17-21/h9-14,16-17,22H,4-8,15H2,1-3H3/t22-/m0/s1. The number of amides is 2. The number of aromatic nitrogens is 2. The number of unbranched alkanes of at least 4 members (excludes halogenated alkanes) is 4. The van der Waals surface area contributed by atoms with Crippen molar-refractivity contribution in [1.29, 1.82) is 0 Å². The quantitative estimate of drug-likeness (QED) is 0.312. The normalized spacial score (nSPS) is 17.2. The van der Waals surface area contributed by atoms with Crippen LogP contribution in [0.2, 0.25) is 10.0 Å². The summed E-state index contributed by atoms with van der Waals surface area (Å²) in [5.41, 5.74) is -0.803. The van der Waals surface area contributed by atoms with E-state index in [0.29, 0.717) is 22.3 Å². The number of hydrogen-bond donors (Lipinski definition) is 0. The fourth-order valence-electron chi connectivity index (χ4n) is 4.79. The Bertz CT molecular complexity index is 1360. The Hall–Kier alpha value is -2.97. The number of carbonyl (C=O) groups is 1. The van der Waals surface area contributed by atoms with E-state index >= 15 is 0 Å². The van der Waals surface area contributed by atoms with Gasteiger partial charge in [0, 0.05) is 22.3 Å². The predicted molar refractivity (Wildman–Crippen MR) is 141 cm³/mol. The van der Waals surface area contributed by atoms with Gasteiger partial charge in [0.1, 0.15) is 0 Å². The maximum Gasteiger partial charge on any atom is 0.447 e. The first-order valence-corrected chi connectivity index (χ1v) is 12.9. The highest BCUT2D eigenvalue weighted by Crippen LogP contribution is 2.42. The topological polar surface area (TPSA) is 80.7 Å². The van der Waals surface area contributed by atoms with Crippen LogP contribution in [0.25, 0.3) is 5.69 Å². The summed E-state index contributed by atoms with van der Waals surface area (Å²) in [6, 6.07) is 12.9. The molecule has 4 rings (SSSR count). The Balaban J connectivity index is 1.80. The summed E-state index contributed by atoms with van der Waals surface area (Å²) in [4.78, 5) is 43.5. The molecule has 0 N–H and O–H groups in total. The molecule has 3 aromatic rings. The van der Waals surface area contributed by atoms with Gasteiger partial charge in [-0.1, -0.05) is 67.9 Å². The lowest BCUT2D eigenvalue weighted by atomic mass is 9.99. The molecule has 8 nitrogen and oxygen atoms in total. The van der Waals surface area contributed by atoms with Gasteiger partial charge in [-0.15, -0.1) is 4.74 Å². The summed E-state index contributed by atoms with van der Waals surface area (Å²) in [6.07, 6.45) is 4.26. The van der Waals surface area contributed by atoms with Gasteiger partial charge in [0.05, 0.1) is 11.2 Å². The van der Waals surface area contributed by atoms with Crippen molar-refractivity contribution >= 4 is 34.9 Å². The summed E-state index contributed by atoms with van der Waals surface area (Å²) in [5.74, 6) is -0.866. The van der Waals surface area contributed by atoms with Gasteiger partial charge in [-0.25, -0.2) is 14.4 Å². The smallest absolute Gasteiger partial charge is 0.315 e. The molecular formula is C26H30Cl2N4O4. The fourth-order valence-corrected chi connectivity index (χ4v) is 5.16. The number of rotatable bonds is 9. The van der Waals surface area contributed by atoms with Crippen LogP contribution in [0.5, 0.6) is 0 Å². The molecule has 1 aliphatic heterocycles. The summed E-state index contributed by atoms with van der Waals surface area (Å²) in [5, 5.41) is 0.817. The Morgan fingerprint density at radius 2 is 1.50 bits per heavy atom. The first kappa shape index (κ1) is 26.1. The van der Waals surface area contributed by atoms with E-state index in [9.17, 15) is 14.4 Å². The Labute approximate surface area is 219 Å². The zero-order valence-corrected chi connectivity index (χ0v) is 22.1. The second-order valence-electron chi connectivity index (χ2n) is 9.51. The van der Waals surface area contributed by atoms with Crippen molar-refractivity contribution in [1.82, 2.24) is 14.2 Å². The average molecular weight is 533 g/mol. The number of urea groups is 1. The first-order chi connectivity index (χ1) is 17.2. The van der Waals surface area contributed by atoms with Crippen molar-refractivity contribution in [2.24, 2.45) is 0 Å². The van der Waals surface area contributed by atoms with Crippen LogP contribution in [0.4, 0.5) is 10.5 Å². The molecule has 0 bridgehead atoms. The number of anilines is 1. The SMILES string of the molecule is CCCCCCCN1C(=O)N(c2cccc(Cl)c2)[C@@H](n2oc(=O)n(-c3cccc(Cl)c3)c2=O)C1(C)C. The molecule has 1 atom stereocenters. The number of carbonyl (C=O) groups excluding carboxylic acids is 1. The maximum absolute atomic E-state index is 13.8. The molecule has 1 aliphatic rings. The van der Waals surface area contributed by atoms with Gasteiger partial charge in [-0.3, -0.25) is 4.90 Å². The molecule has 10 heteroatoms. The van der Waals surface area contributed by atoms with Crippen LogP contribution in [0.1, 0.15) is 59.0 Å². The Morgan fingerprint density at radius 1 is 0.889 bits per heavy atom. The minimum atomic E-state index is -0.931. The Morgan fingerprint density at radius 3 is 2.14 bits per heavy atom. The van der Waals surface area contributed by atoms with Crippen molar-refractivity contribution in [2.75, 3.05) is 11.4 Å². The van der Waals surface area contributed by atoms with Crippen molar-refractivity contribution in [3.63, 3.8) is 0 Å². The summed E-state index contributed by atoms with van der Waals surface area (Å²) < 4.78 is 7.41. The summed E-state index contributed by atoms with van der Waals surface area (Å²) in [6.45, 7) is 6.41. The van der Waals surface area contributed by atoms with E-state index in [4.69, 9.17) is 27.7 Å². The molecule has 1 fully saturated rings. The van der Waals surface area contributed by atoms with Crippen molar-refractivity contribution in [2.45, 2.75) is 64.6 Å². The van der Waals surface area contributed by atoms with E-state index in [1.54, 1.807) is 47.4 Å². The minimum absolute atomic E-state index is 0.282. The molecule has 1 saturated heterocycles. The van der Waals surface area contributed by atoms with E-state index in [1.165, 1.54) is 11.0 Å². The maximum atomic E-state index is 13.8. The fraction of sp³-hybridized carbons (Fsp3) is 0.423. The highest BCUT2D eigenvalue weighted by molar-refractivity contribution is 6.31. The van der Waals surface area contributed by atoms with Crippen LogP contribution in [0.15, 0.2) is 62.6 Å². The highest BCUT2D eigenvalue weighted by atomic mass is 35.5. The molecule has 0 unspecified atom stereocenters. The molecule has 2 amide bonds. The van der Waals surface area contributed by atoms with Crippen LogP contribution < -0.4 is 16.3 Å². The van der Waals surface area contributed by atoms with Crippen LogP contribution in [0.3, 0.4) is 0 Å². The minimum Gasteiger partial charge on any atom is -0.315 e. The lowest BCUT2D eigenvalue weighted by Gasteiger charge is -2.34. The third kappa shape index (κ3) is 4.84. The van der Waals surface area contributed by atoms with Gasteiger partial charge in [-0.05, 0) is 56.7 Å². The van der Waals surface area contributed by atoms with Gasteiger partial charge in [-0.2, -0.15) is 4.57 Å². The second kappa shape index (κ2) is 10.6. The zero-order valence-electron chi connectivity index (χ0n) is 20.6. The van der Waals surface area contributed by atoms with Gasteiger partial charge < -0.3 is 9.42 Å². The molecule has 1 aromatic heterocycles. The van der Waals surface area contributed by atoms with Gasteiger partial charge in [0.15, 0.2) is 6.17 Å². The first-order valence-electron chi connectivity index (χ1n) is 12.1. The number of hydrogen-bond acceptors (Lipinski definition) is 4. The number of benzene rings is 2. The van der Waals surface area contributed by atoms with Crippen LogP contribution in [0, 0.1) is 0 Å². The van der Waals surface area contributed by atoms with Gasteiger partial charge in [0.25, 0.3) is 0 Å². The van der Waals surface area contributed by atoms with Crippen molar-refractivity contribution in [3.05, 3.63) is 79.6 Å². The largest absolute Gasteiger partial charge is 0.447 e. The van der Waals surface area contributed by atoms with Crippen molar-refractivity contribution in [3.8, 4) is 5.69 Å². The predicted octanol–water partition coefficient (Wildman–Crippen LogP) is 6.09. The molecule has 0 aliphatic carbocycles.